The smallest absolute Gasteiger partial charge is 0.244 e. The number of carbonyl (C=O) groups excluding carboxylic acids is 1. The Hall–Kier alpha value is -1.40. The van der Waals surface area contributed by atoms with Gasteiger partial charge in [-0.25, -0.2) is 0 Å². The van der Waals surface area contributed by atoms with Gasteiger partial charge in [0.1, 0.15) is 6.04 Å². The molecule has 17 heavy (non-hydrogen) atoms. The summed E-state index contributed by atoms with van der Waals surface area (Å²) in [5.41, 5.74) is 6.68. The first-order chi connectivity index (χ1) is 8.11. The van der Waals surface area contributed by atoms with E-state index >= 15 is 0 Å². The van der Waals surface area contributed by atoms with E-state index in [1.54, 1.807) is 36.1 Å². The molecule has 6 nitrogen and oxygen atoms in total. The van der Waals surface area contributed by atoms with Gasteiger partial charge < -0.3 is 15.4 Å². The number of aryl methyl sites for hydroxylation is 1. The maximum atomic E-state index is 12.1. The second kappa shape index (κ2) is 4.85. The third-order valence-corrected chi connectivity index (χ3v) is 3.14. The number of carbonyl (C=O) groups is 1. The van der Waals surface area contributed by atoms with Crippen LogP contribution in [0.2, 0.25) is 0 Å². The molecular formula is C11H18N4O2. The highest BCUT2D eigenvalue weighted by atomic mass is 16.5. The van der Waals surface area contributed by atoms with Crippen molar-refractivity contribution < 1.29 is 9.53 Å². The molecule has 1 aromatic rings. The molecular weight excluding hydrogens is 220 g/mol. The van der Waals surface area contributed by atoms with Crippen molar-refractivity contribution in [1.29, 1.82) is 0 Å². The van der Waals surface area contributed by atoms with Crippen molar-refractivity contribution in [3.05, 3.63) is 18.0 Å². The molecule has 0 spiro atoms. The Labute approximate surface area is 100 Å². The summed E-state index contributed by atoms with van der Waals surface area (Å²) in [7, 11) is 3.47. The fraction of sp³-hybridized carbons (Fsp3) is 0.636. The maximum Gasteiger partial charge on any atom is 0.244 e. The van der Waals surface area contributed by atoms with Crippen molar-refractivity contribution in [2.75, 3.05) is 20.2 Å². The van der Waals surface area contributed by atoms with E-state index in [1.165, 1.54) is 0 Å². The number of nitrogens with two attached hydrogens (primary N) is 1. The topological polar surface area (TPSA) is 73.4 Å². The van der Waals surface area contributed by atoms with Crippen LogP contribution in [-0.2, 0) is 16.6 Å². The van der Waals surface area contributed by atoms with E-state index in [9.17, 15) is 4.79 Å². The van der Waals surface area contributed by atoms with Crippen molar-refractivity contribution in [2.24, 2.45) is 12.8 Å². The van der Waals surface area contributed by atoms with Crippen LogP contribution in [0.15, 0.2) is 12.4 Å². The number of hydrogen-bond acceptors (Lipinski definition) is 4. The zero-order valence-electron chi connectivity index (χ0n) is 10.2. The van der Waals surface area contributed by atoms with Crippen LogP contribution >= 0.6 is 0 Å². The van der Waals surface area contributed by atoms with Crippen LogP contribution in [0.5, 0.6) is 0 Å². The lowest BCUT2D eigenvalue weighted by Gasteiger charge is -2.19. The van der Waals surface area contributed by atoms with Gasteiger partial charge in [0.05, 0.1) is 12.3 Å². The lowest BCUT2D eigenvalue weighted by molar-refractivity contribution is -0.132. The molecule has 2 unspecified atom stereocenters. The fourth-order valence-corrected chi connectivity index (χ4v) is 2.06. The second-order valence-electron chi connectivity index (χ2n) is 4.36. The molecule has 2 rings (SSSR count). The van der Waals surface area contributed by atoms with Crippen LogP contribution in [-0.4, -0.2) is 46.9 Å². The third kappa shape index (κ3) is 2.48. The first-order valence-electron chi connectivity index (χ1n) is 5.67. The average Bonchev–Trinajstić information content (AvgIpc) is 2.95. The minimum Gasteiger partial charge on any atom is -0.380 e. The first kappa shape index (κ1) is 12.1. The summed E-state index contributed by atoms with van der Waals surface area (Å²) in [4.78, 5) is 13.9. The summed E-state index contributed by atoms with van der Waals surface area (Å²) in [6.45, 7) is 1.34. The van der Waals surface area contributed by atoms with Crippen molar-refractivity contribution in [3.63, 3.8) is 0 Å². The van der Waals surface area contributed by atoms with Gasteiger partial charge in [0.15, 0.2) is 0 Å². The predicted molar refractivity (Wildman–Crippen MR) is 62.1 cm³/mol. The van der Waals surface area contributed by atoms with Gasteiger partial charge in [0, 0.05) is 39.0 Å². The molecule has 94 valence electrons. The molecule has 1 aromatic heterocycles. The van der Waals surface area contributed by atoms with Gasteiger partial charge in [-0.1, -0.05) is 0 Å². The highest BCUT2D eigenvalue weighted by Crippen LogP contribution is 2.18. The Morgan fingerprint density at radius 3 is 3.00 bits per heavy atom. The lowest BCUT2D eigenvalue weighted by Crippen LogP contribution is -2.37. The molecule has 1 aliphatic rings. The van der Waals surface area contributed by atoms with Gasteiger partial charge in [-0.3, -0.25) is 9.48 Å². The summed E-state index contributed by atoms with van der Waals surface area (Å²) in [5, 5.41) is 4.02. The minimum absolute atomic E-state index is 0.0578. The van der Waals surface area contributed by atoms with Crippen LogP contribution < -0.4 is 5.73 Å². The molecule has 2 heterocycles. The zero-order chi connectivity index (χ0) is 12.4. The molecule has 0 aromatic carbocycles. The van der Waals surface area contributed by atoms with E-state index in [1.807, 2.05) is 0 Å². The van der Waals surface area contributed by atoms with Crippen LogP contribution in [0, 0.1) is 0 Å². The van der Waals surface area contributed by atoms with E-state index in [0.29, 0.717) is 13.1 Å². The maximum absolute atomic E-state index is 12.1. The monoisotopic (exact) mass is 238 g/mol. The summed E-state index contributed by atoms with van der Waals surface area (Å²) < 4.78 is 6.87. The van der Waals surface area contributed by atoms with Crippen LogP contribution in [0.3, 0.4) is 0 Å². The van der Waals surface area contributed by atoms with Crippen LogP contribution in [0.1, 0.15) is 18.0 Å². The highest BCUT2D eigenvalue weighted by molar-refractivity contribution is 5.83. The molecule has 0 saturated carbocycles. The van der Waals surface area contributed by atoms with Crippen molar-refractivity contribution in [2.45, 2.75) is 18.6 Å². The SMILES string of the molecule is COC1CCN(C(=O)C(N)c2cnn(C)c2)C1. The molecule has 2 N–H and O–H groups in total. The number of nitrogens with zero attached hydrogens (tertiary/aromatic N) is 3. The third-order valence-electron chi connectivity index (χ3n) is 3.14. The van der Waals surface area contributed by atoms with Crippen molar-refractivity contribution in [1.82, 2.24) is 14.7 Å². The number of likely N-dealkylation sites (tertiary alicyclic amines) is 1. The summed E-state index contributed by atoms with van der Waals surface area (Å²) in [6, 6.07) is -0.626. The second-order valence-corrected chi connectivity index (χ2v) is 4.36. The Morgan fingerprint density at radius 2 is 2.47 bits per heavy atom. The molecule has 1 amide bonds. The van der Waals surface area contributed by atoms with Gasteiger partial charge >= 0.3 is 0 Å². The predicted octanol–water partition coefficient (Wildman–Crippen LogP) is -0.333. The fourth-order valence-electron chi connectivity index (χ4n) is 2.06. The molecule has 2 atom stereocenters. The Kier molecular flexibility index (Phi) is 3.44. The van der Waals surface area contributed by atoms with Crippen molar-refractivity contribution >= 4 is 5.91 Å². The number of hydrogen-bond donors (Lipinski definition) is 1. The summed E-state index contributed by atoms with van der Waals surface area (Å²) in [6.07, 6.45) is 4.42. The normalized spacial score (nSPS) is 21.8. The number of ether oxygens (including phenoxy) is 1. The molecule has 1 aliphatic heterocycles. The van der Waals surface area contributed by atoms with Gasteiger partial charge in [-0.05, 0) is 6.42 Å². The molecule has 1 fully saturated rings. The van der Waals surface area contributed by atoms with E-state index in [-0.39, 0.29) is 12.0 Å². The quantitative estimate of drug-likeness (QED) is 0.782. The van der Waals surface area contributed by atoms with Gasteiger partial charge in [0.25, 0.3) is 0 Å². The first-order valence-corrected chi connectivity index (χ1v) is 5.67. The summed E-state index contributed by atoms with van der Waals surface area (Å²) >= 11 is 0. The standard InChI is InChI=1S/C11H18N4O2/c1-14-6-8(5-13-14)10(12)11(16)15-4-3-9(7-15)17-2/h5-6,9-10H,3-4,7,12H2,1-2H3. The van der Waals surface area contributed by atoms with Crippen LogP contribution in [0.25, 0.3) is 0 Å². The van der Waals surface area contributed by atoms with Crippen LogP contribution in [0.4, 0.5) is 0 Å². The molecule has 0 radical (unpaired) electrons. The van der Waals surface area contributed by atoms with E-state index in [2.05, 4.69) is 5.10 Å². The Balaban J connectivity index is 2.00. The van der Waals surface area contributed by atoms with E-state index in [0.717, 1.165) is 12.0 Å². The Bertz CT molecular complexity index is 404. The number of methoxy groups -OCH3 is 1. The lowest BCUT2D eigenvalue weighted by atomic mass is 10.1. The van der Waals surface area contributed by atoms with E-state index < -0.39 is 6.04 Å². The molecule has 6 heteroatoms. The van der Waals surface area contributed by atoms with Crippen molar-refractivity contribution in [3.8, 4) is 0 Å². The number of aromatic nitrogens is 2. The zero-order valence-corrected chi connectivity index (χ0v) is 10.2. The van der Waals surface area contributed by atoms with Gasteiger partial charge in [-0.15, -0.1) is 0 Å². The highest BCUT2D eigenvalue weighted by Gasteiger charge is 2.30. The number of amides is 1. The Morgan fingerprint density at radius 1 is 1.71 bits per heavy atom. The molecule has 0 aliphatic carbocycles. The molecule has 0 bridgehead atoms. The average molecular weight is 238 g/mol. The summed E-state index contributed by atoms with van der Waals surface area (Å²) in [5.74, 6) is -0.0578. The number of rotatable bonds is 3. The largest absolute Gasteiger partial charge is 0.380 e. The minimum atomic E-state index is -0.626. The van der Waals surface area contributed by atoms with E-state index in [4.69, 9.17) is 10.5 Å². The molecule has 1 saturated heterocycles. The van der Waals surface area contributed by atoms with Gasteiger partial charge in [0.2, 0.25) is 5.91 Å². The van der Waals surface area contributed by atoms with Gasteiger partial charge in [-0.2, -0.15) is 5.10 Å².